The molecule has 1 unspecified atom stereocenters. The summed E-state index contributed by atoms with van der Waals surface area (Å²) in [5.41, 5.74) is 1.04. The Kier molecular flexibility index (Phi) is 5.41. The number of halogens is 1. The highest BCUT2D eigenvalue weighted by molar-refractivity contribution is 6.64. The van der Waals surface area contributed by atoms with Gasteiger partial charge in [0.1, 0.15) is 0 Å². The van der Waals surface area contributed by atoms with Crippen molar-refractivity contribution < 1.29 is 4.79 Å². The maximum atomic E-state index is 11.3. The van der Waals surface area contributed by atoms with Gasteiger partial charge in [-0.1, -0.05) is 56.5 Å². The van der Waals surface area contributed by atoms with Gasteiger partial charge < -0.3 is 0 Å². The molecule has 0 aromatic heterocycles. The van der Waals surface area contributed by atoms with Crippen molar-refractivity contribution in [1.82, 2.24) is 0 Å². The third kappa shape index (κ3) is 4.05. The molecule has 1 atom stereocenters. The smallest absolute Gasteiger partial charge is 0.229 e. The minimum Gasteiger partial charge on any atom is -0.281 e. The van der Waals surface area contributed by atoms with Gasteiger partial charge in [0.05, 0.1) is 5.92 Å². The molecule has 0 aliphatic rings. The molecule has 0 saturated carbocycles. The summed E-state index contributed by atoms with van der Waals surface area (Å²) in [7, 11) is 0. The van der Waals surface area contributed by atoms with Crippen molar-refractivity contribution >= 4 is 16.8 Å². The van der Waals surface area contributed by atoms with E-state index in [1.54, 1.807) is 0 Å². The lowest BCUT2D eigenvalue weighted by Gasteiger charge is -2.12. The molecule has 0 N–H and O–H groups in total. The fourth-order valence-electron chi connectivity index (χ4n) is 1.69. The van der Waals surface area contributed by atoms with E-state index in [2.05, 4.69) is 6.92 Å². The van der Waals surface area contributed by atoms with Crippen LogP contribution in [0.4, 0.5) is 0 Å². The number of carbonyl (C=O) groups is 1. The van der Waals surface area contributed by atoms with Crippen molar-refractivity contribution in [3.05, 3.63) is 35.9 Å². The topological polar surface area (TPSA) is 17.1 Å². The molecule has 0 spiro atoms. The van der Waals surface area contributed by atoms with E-state index in [-0.39, 0.29) is 11.2 Å². The van der Waals surface area contributed by atoms with Crippen LogP contribution in [-0.2, 0) is 4.79 Å². The normalized spacial score (nSPS) is 12.4. The van der Waals surface area contributed by atoms with Crippen molar-refractivity contribution in [3.63, 3.8) is 0 Å². The maximum absolute atomic E-state index is 11.3. The summed E-state index contributed by atoms with van der Waals surface area (Å²) in [6.45, 7) is 2.15. The summed E-state index contributed by atoms with van der Waals surface area (Å²) < 4.78 is 0. The first kappa shape index (κ1) is 12.3. The maximum Gasteiger partial charge on any atom is 0.229 e. The van der Waals surface area contributed by atoms with Gasteiger partial charge in [0.15, 0.2) is 0 Å². The van der Waals surface area contributed by atoms with Gasteiger partial charge in [-0.25, -0.2) is 0 Å². The highest BCUT2D eigenvalue weighted by atomic mass is 35.5. The molecule has 0 aliphatic carbocycles. The average Bonchev–Trinajstić information content (AvgIpc) is 2.25. The SMILES string of the molecule is CCCCCC(C(=O)Cl)c1ccccc1. The third-order valence-electron chi connectivity index (χ3n) is 2.57. The molecule has 0 heterocycles. The first-order valence-corrected chi connectivity index (χ1v) is 5.87. The summed E-state index contributed by atoms with van der Waals surface area (Å²) in [6, 6.07) is 9.78. The second-order valence-electron chi connectivity index (χ2n) is 3.76. The summed E-state index contributed by atoms with van der Waals surface area (Å²) in [4.78, 5) is 11.3. The van der Waals surface area contributed by atoms with Crippen molar-refractivity contribution in [2.75, 3.05) is 0 Å². The lowest BCUT2D eigenvalue weighted by Crippen LogP contribution is -2.06. The Labute approximate surface area is 96.5 Å². The number of carbonyl (C=O) groups excluding carboxylic acids is 1. The van der Waals surface area contributed by atoms with Crippen LogP contribution in [0.5, 0.6) is 0 Å². The fourth-order valence-corrected chi connectivity index (χ4v) is 1.93. The summed E-state index contributed by atoms with van der Waals surface area (Å²) >= 11 is 5.62. The predicted octanol–water partition coefficient (Wildman–Crippen LogP) is 4.12. The Bertz CT molecular complexity index is 295. The minimum atomic E-state index is -0.239. The molecule has 1 nitrogen and oxygen atoms in total. The zero-order valence-electron chi connectivity index (χ0n) is 9.08. The molecule has 1 aromatic rings. The van der Waals surface area contributed by atoms with Gasteiger partial charge in [0.25, 0.3) is 0 Å². The Hall–Kier alpha value is -0.820. The van der Waals surface area contributed by atoms with Crippen LogP contribution in [0.3, 0.4) is 0 Å². The van der Waals surface area contributed by atoms with Gasteiger partial charge in [0.2, 0.25) is 5.24 Å². The molecule has 0 saturated heterocycles. The van der Waals surface area contributed by atoms with Crippen LogP contribution in [-0.4, -0.2) is 5.24 Å². The summed E-state index contributed by atoms with van der Waals surface area (Å²) in [6.07, 6.45) is 4.25. The summed E-state index contributed by atoms with van der Waals surface area (Å²) in [5.74, 6) is -0.126. The molecule has 1 rings (SSSR count). The molecule has 0 fully saturated rings. The number of benzene rings is 1. The van der Waals surface area contributed by atoms with Crippen LogP contribution in [0, 0.1) is 0 Å². The number of unbranched alkanes of at least 4 members (excludes halogenated alkanes) is 2. The van der Waals surface area contributed by atoms with Crippen LogP contribution in [0.1, 0.15) is 44.1 Å². The second kappa shape index (κ2) is 6.62. The number of hydrogen-bond donors (Lipinski definition) is 0. The molecular formula is C13H17ClO. The van der Waals surface area contributed by atoms with E-state index >= 15 is 0 Å². The van der Waals surface area contributed by atoms with Gasteiger partial charge in [0, 0.05) is 0 Å². The van der Waals surface area contributed by atoms with E-state index in [0.29, 0.717) is 0 Å². The zero-order valence-corrected chi connectivity index (χ0v) is 9.83. The predicted molar refractivity (Wildman–Crippen MR) is 64.2 cm³/mol. The largest absolute Gasteiger partial charge is 0.281 e. The second-order valence-corrected chi connectivity index (χ2v) is 4.14. The van der Waals surface area contributed by atoms with Gasteiger partial charge in [-0.3, -0.25) is 4.79 Å². The van der Waals surface area contributed by atoms with E-state index < -0.39 is 0 Å². The minimum absolute atomic E-state index is 0.126. The standard InChI is InChI=1S/C13H17ClO/c1-2-3-5-10-12(13(14)15)11-8-6-4-7-9-11/h4,6-9,12H,2-3,5,10H2,1H3. The Morgan fingerprint density at radius 2 is 1.93 bits per heavy atom. The van der Waals surface area contributed by atoms with Gasteiger partial charge in [-0.05, 0) is 23.6 Å². The van der Waals surface area contributed by atoms with E-state index in [1.165, 1.54) is 0 Å². The molecular weight excluding hydrogens is 208 g/mol. The molecule has 1 aromatic carbocycles. The van der Waals surface area contributed by atoms with Crippen molar-refractivity contribution in [2.24, 2.45) is 0 Å². The summed E-state index contributed by atoms with van der Waals surface area (Å²) in [5, 5.41) is -0.239. The first-order valence-electron chi connectivity index (χ1n) is 5.50. The average molecular weight is 225 g/mol. The van der Waals surface area contributed by atoms with Gasteiger partial charge in [-0.15, -0.1) is 0 Å². The van der Waals surface area contributed by atoms with Crippen LogP contribution in [0.25, 0.3) is 0 Å². The molecule has 2 heteroatoms. The van der Waals surface area contributed by atoms with E-state index in [9.17, 15) is 4.79 Å². The lowest BCUT2D eigenvalue weighted by atomic mass is 9.94. The molecule has 82 valence electrons. The molecule has 0 amide bonds. The monoisotopic (exact) mass is 224 g/mol. The van der Waals surface area contributed by atoms with Crippen LogP contribution >= 0.6 is 11.6 Å². The molecule has 15 heavy (non-hydrogen) atoms. The van der Waals surface area contributed by atoms with Crippen LogP contribution in [0.2, 0.25) is 0 Å². The Morgan fingerprint density at radius 3 is 2.47 bits per heavy atom. The van der Waals surface area contributed by atoms with Gasteiger partial charge >= 0.3 is 0 Å². The van der Waals surface area contributed by atoms with Crippen LogP contribution in [0.15, 0.2) is 30.3 Å². The first-order chi connectivity index (χ1) is 7.25. The highest BCUT2D eigenvalue weighted by Gasteiger charge is 2.17. The van der Waals surface area contributed by atoms with Gasteiger partial charge in [-0.2, -0.15) is 0 Å². The molecule has 0 radical (unpaired) electrons. The van der Waals surface area contributed by atoms with E-state index in [0.717, 1.165) is 31.2 Å². The Morgan fingerprint density at radius 1 is 1.27 bits per heavy atom. The molecule has 0 aliphatic heterocycles. The molecule has 0 bridgehead atoms. The van der Waals surface area contributed by atoms with Crippen molar-refractivity contribution in [2.45, 2.75) is 38.5 Å². The fraction of sp³-hybridized carbons (Fsp3) is 0.462. The quantitative estimate of drug-likeness (QED) is 0.525. The lowest BCUT2D eigenvalue weighted by molar-refractivity contribution is -0.113. The number of rotatable bonds is 6. The Balaban J connectivity index is 2.62. The van der Waals surface area contributed by atoms with E-state index in [1.807, 2.05) is 30.3 Å². The van der Waals surface area contributed by atoms with Crippen LogP contribution < -0.4 is 0 Å². The zero-order chi connectivity index (χ0) is 11.1. The van der Waals surface area contributed by atoms with E-state index in [4.69, 9.17) is 11.6 Å². The third-order valence-corrected chi connectivity index (χ3v) is 2.84. The number of hydrogen-bond acceptors (Lipinski definition) is 1. The highest BCUT2D eigenvalue weighted by Crippen LogP contribution is 2.24. The van der Waals surface area contributed by atoms with Crippen molar-refractivity contribution in [1.29, 1.82) is 0 Å². The van der Waals surface area contributed by atoms with Crippen molar-refractivity contribution in [3.8, 4) is 0 Å².